The first kappa shape index (κ1) is 16.7. The molecule has 23 heavy (non-hydrogen) atoms. The van der Waals surface area contributed by atoms with Gasteiger partial charge >= 0.3 is 0 Å². The van der Waals surface area contributed by atoms with Crippen molar-refractivity contribution in [2.75, 3.05) is 39.8 Å². The largest absolute Gasteiger partial charge is 0.496 e. The molecule has 128 valence electrons. The summed E-state index contributed by atoms with van der Waals surface area (Å²) < 4.78 is 5.71. The number of nitrogens with zero attached hydrogens (tertiary/aromatic N) is 2. The molecule has 1 fully saturated rings. The van der Waals surface area contributed by atoms with Crippen LogP contribution in [0.5, 0.6) is 5.75 Å². The van der Waals surface area contributed by atoms with Gasteiger partial charge in [0.2, 0.25) is 0 Å². The topological polar surface area (TPSA) is 27.7 Å². The fourth-order valence-corrected chi connectivity index (χ4v) is 3.98. The lowest BCUT2D eigenvalue weighted by atomic mass is 9.90. The Morgan fingerprint density at radius 3 is 2.61 bits per heavy atom. The first-order chi connectivity index (χ1) is 11.2. The van der Waals surface area contributed by atoms with Crippen molar-refractivity contribution in [2.24, 2.45) is 0 Å². The van der Waals surface area contributed by atoms with Gasteiger partial charge in [-0.3, -0.25) is 9.80 Å². The summed E-state index contributed by atoms with van der Waals surface area (Å²) in [4.78, 5) is 5.12. The van der Waals surface area contributed by atoms with E-state index in [1.54, 1.807) is 7.11 Å². The molecule has 0 spiro atoms. The van der Waals surface area contributed by atoms with E-state index in [4.69, 9.17) is 4.74 Å². The number of benzene rings is 1. The number of rotatable bonds is 5. The van der Waals surface area contributed by atoms with Crippen molar-refractivity contribution in [3.05, 3.63) is 28.8 Å². The quantitative estimate of drug-likeness (QED) is 0.901. The van der Waals surface area contributed by atoms with Crippen LogP contribution in [-0.4, -0.2) is 55.7 Å². The molecule has 1 aromatic rings. The molecule has 2 heterocycles. The van der Waals surface area contributed by atoms with Crippen molar-refractivity contribution >= 4 is 0 Å². The van der Waals surface area contributed by atoms with Crippen LogP contribution < -0.4 is 10.1 Å². The average molecular weight is 317 g/mol. The molecular weight excluding hydrogens is 286 g/mol. The van der Waals surface area contributed by atoms with E-state index in [9.17, 15) is 0 Å². The van der Waals surface area contributed by atoms with Gasteiger partial charge in [0.25, 0.3) is 0 Å². The van der Waals surface area contributed by atoms with E-state index in [-0.39, 0.29) is 0 Å². The summed E-state index contributed by atoms with van der Waals surface area (Å²) in [5.41, 5.74) is 4.35. The van der Waals surface area contributed by atoms with Crippen LogP contribution in [0.3, 0.4) is 0 Å². The highest BCUT2D eigenvalue weighted by molar-refractivity contribution is 5.44. The molecule has 4 heteroatoms. The van der Waals surface area contributed by atoms with Gasteiger partial charge in [-0.1, -0.05) is 19.9 Å². The molecule has 0 aromatic heterocycles. The number of ether oxygens (including phenoxy) is 1. The lowest BCUT2D eigenvalue weighted by Crippen LogP contribution is -2.43. The Balaban J connectivity index is 1.83. The molecule has 0 bridgehead atoms. The van der Waals surface area contributed by atoms with Crippen molar-refractivity contribution in [3.63, 3.8) is 0 Å². The smallest absolute Gasteiger partial charge is 0.123 e. The fourth-order valence-electron chi connectivity index (χ4n) is 3.98. The Morgan fingerprint density at radius 1 is 1.17 bits per heavy atom. The van der Waals surface area contributed by atoms with Gasteiger partial charge in [0.1, 0.15) is 5.75 Å². The molecule has 1 saturated heterocycles. The van der Waals surface area contributed by atoms with Crippen LogP contribution in [-0.2, 0) is 19.5 Å². The van der Waals surface area contributed by atoms with Crippen molar-refractivity contribution in [1.82, 2.24) is 15.1 Å². The third kappa shape index (κ3) is 3.70. The van der Waals surface area contributed by atoms with Crippen LogP contribution in [0.25, 0.3) is 0 Å². The molecule has 1 unspecified atom stereocenters. The molecule has 1 atom stereocenters. The summed E-state index contributed by atoms with van der Waals surface area (Å²) in [5, 5.41) is 3.43. The van der Waals surface area contributed by atoms with Gasteiger partial charge in [-0.05, 0) is 36.6 Å². The van der Waals surface area contributed by atoms with Crippen LogP contribution in [0, 0.1) is 0 Å². The van der Waals surface area contributed by atoms with Gasteiger partial charge in [-0.25, -0.2) is 0 Å². The summed E-state index contributed by atoms with van der Waals surface area (Å²) in [5.74, 6) is 1.06. The number of fused-ring (bicyclic) bond motifs is 1. The lowest BCUT2D eigenvalue weighted by molar-refractivity contribution is 0.175. The molecule has 0 aliphatic carbocycles. The molecule has 4 nitrogen and oxygen atoms in total. The van der Waals surface area contributed by atoms with Crippen molar-refractivity contribution in [2.45, 2.75) is 45.8 Å². The van der Waals surface area contributed by atoms with Crippen LogP contribution in [0.2, 0.25) is 0 Å². The summed E-state index contributed by atoms with van der Waals surface area (Å²) in [7, 11) is 1.80. The zero-order valence-corrected chi connectivity index (χ0v) is 14.9. The number of hydrogen-bond acceptors (Lipinski definition) is 4. The third-order valence-electron chi connectivity index (χ3n) is 5.43. The molecule has 1 N–H and O–H groups in total. The maximum absolute atomic E-state index is 5.71. The van der Waals surface area contributed by atoms with E-state index >= 15 is 0 Å². The minimum atomic E-state index is 0.688. The summed E-state index contributed by atoms with van der Waals surface area (Å²) in [6.45, 7) is 12.2. The van der Waals surface area contributed by atoms with E-state index in [0.29, 0.717) is 6.04 Å². The highest BCUT2D eigenvalue weighted by Crippen LogP contribution is 2.31. The molecular formula is C19H31N3O. The minimum absolute atomic E-state index is 0.688. The van der Waals surface area contributed by atoms with E-state index in [1.165, 1.54) is 29.5 Å². The van der Waals surface area contributed by atoms with Gasteiger partial charge in [0.05, 0.1) is 7.11 Å². The number of methoxy groups -OCH3 is 1. The average Bonchev–Trinajstić information content (AvgIpc) is 2.60. The van der Waals surface area contributed by atoms with E-state index in [2.05, 4.69) is 41.1 Å². The third-order valence-corrected chi connectivity index (χ3v) is 5.43. The van der Waals surface area contributed by atoms with Gasteiger partial charge < -0.3 is 10.1 Å². The molecule has 0 saturated carbocycles. The molecule has 1 aromatic carbocycles. The minimum Gasteiger partial charge on any atom is -0.496 e. The number of piperazine rings is 1. The van der Waals surface area contributed by atoms with Crippen molar-refractivity contribution in [3.8, 4) is 5.75 Å². The maximum atomic E-state index is 5.71. The first-order valence-corrected chi connectivity index (χ1v) is 9.10. The Bertz CT molecular complexity index is 526. The highest BCUT2D eigenvalue weighted by Gasteiger charge is 2.25. The highest BCUT2D eigenvalue weighted by atomic mass is 16.5. The maximum Gasteiger partial charge on any atom is 0.123 e. The summed E-state index contributed by atoms with van der Waals surface area (Å²) in [6, 6.07) is 5.40. The Morgan fingerprint density at radius 2 is 1.96 bits per heavy atom. The second-order valence-electron chi connectivity index (χ2n) is 6.79. The second-order valence-corrected chi connectivity index (χ2v) is 6.79. The molecule has 0 amide bonds. The monoisotopic (exact) mass is 317 g/mol. The van der Waals surface area contributed by atoms with Gasteiger partial charge in [0, 0.05) is 50.9 Å². The normalized spacial score (nSPS) is 22.8. The van der Waals surface area contributed by atoms with Crippen LogP contribution in [0.4, 0.5) is 0 Å². The number of likely N-dealkylation sites (N-methyl/N-ethyl adjacent to an activating group) is 1. The summed E-state index contributed by atoms with van der Waals surface area (Å²) >= 11 is 0. The Labute approximate surface area is 140 Å². The molecule has 3 rings (SSSR count). The van der Waals surface area contributed by atoms with Crippen LogP contribution in [0.15, 0.2) is 12.1 Å². The fraction of sp³-hybridized carbons (Fsp3) is 0.684. The lowest BCUT2D eigenvalue weighted by Gasteiger charge is -2.36. The van der Waals surface area contributed by atoms with E-state index < -0.39 is 0 Å². The van der Waals surface area contributed by atoms with E-state index in [1.807, 2.05) is 0 Å². The number of nitrogens with one attached hydrogen (secondary N) is 1. The van der Waals surface area contributed by atoms with Crippen molar-refractivity contribution < 1.29 is 4.74 Å². The zero-order valence-electron chi connectivity index (χ0n) is 14.9. The molecule has 0 radical (unpaired) electrons. The predicted octanol–water partition coefficient (Wildman–Crippen LogP) is 2.26. The Hall–Kier alpha value is -1.10. The standard InChI is InChI=1S/C19H31N3O/c1-4-18-11-15-10-17(13-21-8-6-20-7-9-21)19(23-3)12-16(15)14-22(18)5-2/h10,12,18,20H,4-9,11,13-14H2,1-3H3. The second kappa shape index (κ2) is 7.65. The zero-order chi connectivity index (χ0) is 16.2. The van der Waals surface area contributed by atoms with Crippen molar-refractivity contribution in [1.29, 1.82) is 0 Å². The Kier molecular flexibility index (Phi) is 5.57. The number of hydrogen-bond donors (Lipinski definition) is 1. The molecule has 2 aliphatic rings. The summed E-state index contributed by atoms with van der Waals surface area (Å²) in [6.07, 6.45) is 2.41. The first-order valence-electron chi connectivity index (χ1n) is 9.10. The van der Waals surface area contributed by atoms with Crippen LogP contribution in [0.1, 0.15) is 37.0 Å². The SMILES string of the molecule is CCC1Cc2cc(CN3CCNCC3)c(OC)cc2CN1CC. The van der Waals surface area contributed by atoms with E-state index in [0.717, 1.165) is 51.6 Å². The predicted molar refractivity (Wildman–Crippen MR) is 95.0 cm³/mol. The van der Waals surface area contributed by atoms with Gasteiger partial charge in [-0.2, -0.15) is 0 Å². The van der Waals surface area contributed by atoms with Crippen LogP contribution >= 0.6 is 0 Å². The van der Waals surface area contributed by atoms with Gasteiger partial charge in [0.15, 0.2) is 0 Å². The van der Waals surface area contributed by atoms with Gasteiger partial charge in [-0.15, -0.1) is 0 Å². The molecule has 2 aliphatic heterocycles.